The van der Waals surface area contributed by atoms with E-state index in [9.17, 15) is 0 Å². The SMILES string of the molecule is Cc1ccc2c(c1)c1cc(C)ccc1n2-c1ccccc1-c1ccc(C=Cc2ccc(-c3ccc(-n4c5ccccc5c5ccccc54)cc3)cc2)cc1. The summed E-state index contributed by atoms with van der Waals surface area (Å²) in [6.07, 6.45) is 4.39. The number of hydrogen-bond donors (Lipinski definition) is 0. The zero-order valence-corrected chi connectivity index (χ0v) is 30.4. The first-order valence-electron chi connectivity index (χ1n) is 18.7. The van der Waals surface area contributed by atoms with E-state index in [1.54, 1.807) is 0 Å². The molecule has 0 amide bonds. The van der Waals surface area contributed by atoms with E-state index in [1.807, 2.05) is 0 Å². The first-order chi connectivity index (χ1) is 26.6. The third-order valence-electron chi connectivity index (χ3n) is 10.9. The molecule has 0 aliphatic heterocycles. The van der Waals surface area contributed by atoms with Crippen molar-refractivity contribution in [1.82, 2.24) is 9.13 Å². The summed E-state index contributed by atoms with van der Waals surface area (Å²) in [4.78, 5) is 0. The number of hydrogen-bond acceptors (Lipinski definition) is 0. The molecule has 2 heterocycles. The van der Waals surface area contributed by atoms with Gasteiger partial charge in [-0.3, -0.25) is 0 Å². The third-order valence-corrected chi connectivity index (χ3v) is 10.9. The van der Waals surface area contributed by atoms with Crippen molar-refractivity contribution in [2.75, 3.05) is 0 Å². The molecule has 0 aliphatic rings. The van der Waals surface area contributed by atoms with Gasteiger partial charge >= 0.3 is 0 Å². The monoisotopic (exact) mass is 690 g/mol. The highest BCUT2D eigenvalue weighted by Crippen LogP contribution is 2.37. The van der Waals surface area contributed by atoms with Crippen LogP contribution >= 0.6 is 0 Å². The molecule has 0 spiro atoms. The molecule has 0 unspecified atom stereocenters. The molecule has 10 rings (SSSR count). The summed E-state index contributed by atoms with van der Waals surface area (Å²) in [5.74, 6) is 0. The van der Waals surface area contributed by atoms with Gasteiger partial charge in [0.1, 0.15) is 0 Å². The Morgan fingerprint density at radius 3 is 1.35 bits per heavy atom. The number of nitrogens with zero attached hydrogens (tertiary/aromatic N) is 2. The number of rotatable bonds is 6. The van der Waals surface area contributed by atoms with Crippen LogP contribution in [0.2, 0.25) is 0 Å². The fraction of sp³-hybridized carbons (Fsp3) is 0.0385. The van der Waals surface area contributed by atoms with E-state index >= 15 is 0 Å². The minimum absolute atomic E-state index is 1.17. The average Bonchev–Trinajstić information content (AvgIpc) is 3.72. The van der Waals surface area contributed by atoms with Crippen LogP contribution in [0.25, 0.3) is 89.4 Å². The van der Waals surface area contributed by atoms with E-state index in [2.05, 4.69) is 217 Å². The van der Waals surface area contributed by atoms with Crippen LogP contribution in [-0.2, 0) is 0 Å². The molecule has 0 fully saturated rings. The molecule has 0 bridgehead atoms. The van der Waals surface area contributed by atoms with Crippen LogP contribution in [0.4, 0.5) is 0 Å². The van der Waals surface area contributed by atoms with Crippen molar-refractivity contribution < 1.29 is 0 Å². The maximum Gasteiger partial charge on any atom is 0.0541 e. The van der Waals surface area contributed by atoms with Crippen LogP contribution < -0.4 is 0 Å². The van der Waals surface area contributed by atoms with E-state index in [0.29, 0.717) is 0 Å². The summed E-state index contributed by atoms with van der Waals surface area (Å²) in [5, 5.41) is 5.15. The van der Waals surface area contributed by atoms with Gasteiger partial charge in [-0.05, 0) is 96.3 Å². The number of fused-ring (bicyclic) bond motifs is 6. The molecule has 0 aliphatic carbocycles. The molecular formula is C52H38N2. The standard InChI is InChI=1S/C52H38N2/c1-35-15-31-51-46(33-35)47-34-36(2)16-32-52(47)54(51)48-12-6-3-9-43(48)41-25-21-38(22-26-41)18-17-37-19-23-39(24-20-37)40-27-29-42(30-28-40)53-49-13-7-4-10-44(49)45-11-5-8-14-50(45)53/h3-34H,1-2H3. The summed E-state index contributed by atoms with van der Waals surface area (Å²) in [5.41, 5.74) is 17.0. The lowest BCUT2D eigenvalue weighted by Crippen LogP contribution is -1.97. The van der Waals surface area contributed by atoms with Gasteiger partial charge in [-0.15, -0.1) is 0 Å². The lowest BCUT2D eigenvalue weighted by atomic mass is 10.0. The zero-order valence-electron chi connectivity index (χ0n) is 30.4. The average molecular weight is 691 g/mol. The summed E-state index contributed by atoms with van der Waals surface area (Å²) in [7, 11) is 0. The van der Waals surface area contributed by atoms with Gasteiger partial charge in [0.05, 0.1) is 27.8 Å². The van der Waals surface area contributed by atoms with E-state index in [0.717, 1.165) is 0 Å². The second-order valence-electron chi connectivity index (χ2n) is 14.4. The number of aryl methyl sites for hydroxylation is 2. The van der Waals surface area contributed by atoms with Crippen LogP contribution in [-0.4, -0.2) is 9.13 Å². The summed E-state index contributed by atoms with van der Waals surface area (Å²) in [6, 6.07) is 66.3. The van der Waals surface area contributed by atoms with Crippen molar-refractivity contribution in [3.8, 4) is 33.6 Å². The lowest BCUT2D eigenvalue weighted by Gasteiger charge is -2.14. The quantitative estimate of drug-likeness (QED) is 0.154. The molecule has 10 aromatic rings. The van der Waals surface area contributed by atoms with E-state index < -0.39 is 0 Å². The molecule has 0 radical (unpaired) electrons. The minimum atomic E-state index is 1.17. The maximum absolute atomic E-state index is 2.43. The zero-order chi connectivity index (χ0) is 36.2. The van der Waals surface area contributed by atoms with E-state index in [-0.39, 0.29) is 0 Å². The van der Waals surface area contributed by atoms with Gasteiger partial charge in [0.15, 0.2) is 0 Å². The summed E-state index contributed by atoms with van der Waals surface area (Å²) >= 11 is 0. The molecule has 0 saturated carbocycles. The third kappa shape index (κ3) is 5.43. The van der Waals surface area contributed by atoms with Gasteiger partial charge in [-0.25, -0.2) is 0 Å². The Morgan fingerprint density at radius 2 is 0.796 bits per heavy atom. The Balaban J connectivity index is 0.897. The largest absolute Gasteiger partial charge is 0.309 e. The summed E-state index contributed by atoms with van der Waals surface area (Å²) < 4.78 is 4.79. The fourth-order valence-electron chi connectivity index (χ4n) is 8.18. The topological polar surface area (TPSA) is 9.86 Å². The Kier molecular flexibility index (Phi) is 7.63. The Hall–Kier alpha value is -6.90. The van der Waals surface area contributed by atoms with Crippen molar-refractivity contribution in [3.05, 3.63) is 204 Å². The molecule has 0 saturated heterocycles. The van der Waals surface area contributed by atoms with Gasteiger partial charge in [0.25, 0.3) is 0 Å². The molecular weight excluding hydrogens is 653 g/mol. The highest BCUT2D eigenvalue weighted by atomic mass is 15.0. The molecule has 2 nitrogen and oxygen atoms in total. The van der Waals surface area contributed by atoms with Gasteiger partial charge in [-0.1, -0.05) is 151 Å². The van der Waals surface area contributed by atoms with Gasteiger partial charge in [0.2, 0.25) is 0 Å². The van der Waals surface area contributed by atoms with Gasteiger partial charge < -0.3 is 9.13 Å². The second-order valence-corrected chi connectivity index (χ2v) is 14.4. The van der Waals surface area contributed by atoms with Gasteiger partial charge in [0, 0.05) is 32.8 Å². The number of para-hydroxylation sites is 3. The molecule has 256 valence electrons. The normalized spacial score (nSPS) is 11.8. The maximum atomic E-state index is 2.43. The highest BCUT2D eigenvalue weighted by Gasteiger charge is 2.16. The van der Waals surface area contributed by atoms with Crippen LogP contribution in [0.5, 0.6) is 0 Å². The summed E-state index contributed by atoms with van der Waals surface area (Å²) in [6.45, 7) is 4.34. The first-order valence-corrected chi connectivity index (χ1v) is 18.7. The highest BCUT2D eigenvalue weighted by molar-refractivity contribution is 6.11. The Bertz CT molecular complexity index is 2910. The van der Waals surface area contributed by atoms with Crippen molar-refractivity contribution >= 4 is 55.8 Å². The van der Waals surface area contributed by atoms with Gasteiger partial charge in [-0.2, -0.15) is 0 Å². The minimum Gasteiger partial charge on any atom is -0.309 e. The van der Waals surface area contributed by atoms with Crippen LogP contribution in [0.1, 0.15) is 22.3 Å². The van der Waals surface area contributed by atoms with Crippen LogP contribution in [0.3, 0.4) is 0 Å². The van der Waals surface area contributed by atoms with Crippen molar-refractivity contribution in [1.29, 1.82) is 0 Å². The van der Waals surface area contributed by atoms with Crippen LogP contribution in [0.15, 0.2) is 182 Å². The smallest absolute Gasteiger partial charge is 0.0541 e. The van der Waals surface area contributed by atoms with E-state index in [1.165, 1.54) is 99.5 Å². The predicted molar refractivity (Wildman–Crippen MR) is 231 cm³/mol. The lowest BCUT2D eigenvalue weighted by molar-refractivity contribution is 1.18. The second kappa shape index (κ2) is 12.9. The molecule has 2 heteroatoms. The Morgan fingerprint density at radius 1 is 0.352 bits per heavy atom. The first kappa shape index (κ1) is 31.8. The molecule has 54 heavy (non-hydrogen) atoms. The molecule has 0 N–H and O–H groups in total. The predicted octanol–water partition coefficient (Wildman–Crippen LogP) is 14.0. The number of aromatic nitrogens is 2. The van der Waals surface area contributed by atoms with Crippen molar-refractivity contribution in [2.24, 2.45) is 0 Å². The molecule has 8 aromatic carbocycles. The molecule has 0 atom stereocenters. The van der Waals surface area contributed by atoms with Crippen molar-refractivity contribution in [3.63, 3.8) is 0 Å². The van der Waals surface area contributed by atoms with Crippen LogP contribution in [0, 0.1) is 13.8 Å². The molecule has 2 aromatic heterocycles. The van der Waals surface area contributed by atoms with Crippen molar-refractivity contribution in [2.45, 2.75) is 13.8 Å². The number of benzene rings is 8. The van der Waals surface area contributed by atoms with E-state index in [4.69, 9.17) is 0 Å². The Labute approximate surface area is 315 Å². The fourth-order valence-corrected chi connectivity index (χ4v) is 8.18.